The largest absolute Gasteiger partial charge is 0.486 e. The first-order valence-electron chi connectivity index (χ1n) is 5.69. The molecule has 6 heteroatoms. The lowest BCUT2D eigenvalue weighted by atomic mass is 10.2. The molecule has 3 nitrogen and oxygen atoms in total. The first-order valence-corrected chi connectivity index (χ1v) is 5.69. The molecule has 0 aliphatic heterocycles. The molecular formula is C14H11F3N2O. The summed E-state index contributed by atoms with van der Waals surface area (Å²) in [5.41, 5.74) is 0.478. The molecule has 0 saturated carbocycles. The number of halogens is 3. The quantitative estimate of drug-likeness (QED) is 0.531. The second kappa shape index (κ2) is 6.10. The van der Waals surface area contributed by atoms with Crippen LogP contribution in [0.25, 0.3) is 0 Å². The molecule has 20 heavy (non-hydrogen) atoms. The van der Waals surface area contributed by atoms with Crippen LogP contribution in [-0.2, 0) is 6.61 Å². The molecule has 0 heterocycles. The van der Waals surface area contributed by atoms with Crippen LogP contribution in [0.5, 0.6) is 5.75 Å². The fourth-order valence-electron chi connectivity index (χ4n) is 1.61. The van der Waals surface area contributed by atoms with Crippen molar-refractivity contribution in [2.24, 2.45) is 10.9 Å². The van der Waals surface area contributed by atoms with E-state index in [1.54, 1.807) is 0 Å². The first kappa shape index (κ1) is 13.9. The summed E-state index contributed by atoms with van der Waals surface area (Å²) in [6.07, 6.45) is 1.28. The third-order valence-corrected chi connectivity index (χ3v) is 2.57. The molecule has 0 radical (unpaired) electrons. The number of nitrogens with zero attached hydrogens (tertiary/aromatic N) is 1. The first-order chi connectivity index (χ1) is 9.60. The van der Waals surface area contributed by atoms with E-state index in [9.17, 15) is 13.2 Å². The zero-order valence-corrected chi connectivity index (χ0v) is 10.3. The van der Waals surface area contributed by atoms with Crippen molar-refractivity contribution < 1.29 is 17.9 Å². The molecule has 0 unspecified atom stereocenters. The Labute approximate surface area is 113 Å². The maximum atomic E-state index is 13.7. The molecule has 0 fully saturated rings. The monoisotopic (exact) mass is 280 g/mol. The molecule has 0 aromatic heterocycles. The third kappa shape index (κ3) is 3.28. The van der Waals surface area contributed by atoms with Gasteiger partial charge >= 0.3 is 0 Å². The molecule has 0 bridgehead atoms. The number of ether oxygens (including phenoxy) is 1. The van der Waals surface area contributed by atoms with Crippen LogP contribution in [-0.4, -0.2) is 6.21 Å². The number of benzene rings is 2. The number of nitrogens with two attached hydrogens (primary N) is 1. The Bertz CT molecular complexity index is 644. The molecule has 104 valence electrons. The van der Waals surface area contributed by atoms with E-state index in [-0.39, 0.29) is 17.9 Å². The van der Waals surface area contributed by atoms with Gasteiger partial charge in [0, 0.05) is 5.56 Å². The van der Waals surface area contributed by atoms with Crippen LogP contribution in [0.1, 0.15) is 11.1 Å². The fourth-order valence-corrected chi connectivity index (χ4v) is 1.61. The summed E-state index contributed by atoms with van der Waals surface area (Å²) in [6, 6.07) is 7.07. The van der Waals surface area contributed by atoms with Crippen LogP contribution in [0.3, 0.4) is 0 Å². The van der Waals surface area contributed by atoms with Gasteiger partial charge in [-0.2, -0.15) is 5.10 Å². The van der Waals surface area contributed by atoms with Gasteiger partial charge in [-0.1, -0.05) is 0 Å². The van der Waals surface area contributed by atoms with Gasteiger partial charge in [0.25, 0.3) is 0 Å². The zero-order valence-electron chi connectivity index (χ0n) is 10.3. The van der Waals surface area contributed by atoms with Crippen molar-refractivity contribution in [1.29, 1.82) is 0 Å². The van der Waals surface area contributed by atoms with Gasteiger partial charge in [0.15, 0.2) is 11.6 Å². The highest BCUT2D eigenvalue weighted by Gasteiger charge is 2.08. The minimum absolute atomic E-state index is 0.0111. The van der Waals surface area contributed by atoms with E-state index < -0.39 is 17.5 Å². The van der Waals surface area contributed by atoms with Crippen molar-refractivity contribution in [3.8, 4) is 5.75 Å². The van der Waals surface area contributed by atoms with Gasteiger partial charge < -0.3 is 10.6 Å². The van der Waals surface area contributed by atoms with Crippen molar-refractivity contribution in [2.45, 2.75) is 6.61 Å². The Hall–Kier alpha value is -2.50. The molecule has 0 atom stereocenters. The van der Waals surface area contributed by atoms with Crippen LogP contribution >= 0.6 is 0 Å². The smallest absolute Gasteiger partial charge is 0.165 e. The van der Waals surface area contributed by atoms with Gasteiger partial charge in [0.1, 0.15) is 18.2 Å². The minimum atomic E-state index is -0.640. The van der Waals surface area contributed by atoms with Crippen LogP contribution in [0.15, 0.2) is 41.5 Å². The zero-order chi connectivity index (χ0) is 14.5. The summed E-state index contributed by atoms with van der Waals surface area (Å²) in [5, 5.41) is 3.27. The highest BCUT2D eigenvalue weighted by atomic mass is 19.1. The van der Waals surface area contributed by atoms with Gasteiger partial charge in [-0.15, -0.1) is 0 Å². The average Bonchev–Trinajstić information content (AvgIpc) is 2.42. The molecule has 0 amide bonds. The maximum absolute atomic E-state index is 13.7. The van der Waals surface area contributed by atoms with Crippen molar-refractivity contribution >= 4 is 6.21 Å². The summed E-state index contributed by atoms with van der Waals surface area (Å²) < 4.78 is 45.1. The van der Waals surface area contributed by atoms with Crippen LogP contribution in [0.2, 0.25) is 0 Å². The molecule has 0 spiro atoms. The Kier molecular flexibility index (Phi) is 4.24. The van der Waals surface area contributed by atoms with Gasteiger partial charge in [-0.3, -0.25) is 0 Å². The van der Waals surface area contributed by atoms with Crippen LogP contribution in [0.4, 0.5) is 13.2 Å². The molecule has 2 aromatic rings. The Morgan fingerprint density at radius 2 is 1.85 bits per heavy atom. The van der Waals surface area contributed by atoms with E-state index in [2.05, 4.69) is 5.10 Å². The van der Waals surface area contributed by atoms with Gasteiger partial charge in [-0.25, -0.2) is 13.2 Å². The molecule has 0 aliphatic carbocycles. The number of hydrogen-bond acceptors (Lipinski definition) is 3. The lowest BCUT2D eigenvalue weighted by Crippen LogP contribution is -2.01. The SMILES string of the molecule is NN=Cc1ccc(OCc2cc(F)ccc2F)c(F)c1. The van der Waals surface area contributed by atoms with Crippen LogP contribution < -0.4 is 10.6 Å². The predicted octanol–water partition coefficient (Wildman–Crippen LogP) is 2.98. The number of rotatable bonds is 4. The molecule has 2 N–H and O–H groups in total. The van der Waals surface area contributed by atoms with E-state index in [4.69, 9.17) is 10.6 Å². The molecule has 0 aliphatic rings. The van der Waals surface area contributed by atoms with E-state index in [1.165, 1.54) is 24.4 Å². The lowest BCUT2D eigenvalue weighted by molar-refractivity contribution is 0.284. The molecule has 2 aromatic carbocycles. The summed E-state index contributed by atoms with van der Waals surface area (Å²) in [4.78, 5) is 0. The Morgan fingerprint density at radius 3 is 2.55 bits per heavy atom. The lowest BCUT2D eigenvalue weighted by Gasteiger charge is -2.08. The van der Waals surface area contributed by atoms with Crippen molar-refractivity contribution in [3.05, 3.63) is 65.0 Å². The van der Waals surface area contributed by atoms with Crippen molar-refractivity contribution in [1.82, 2.24) is 0 Å². The van der Waals surface area contributed by atoms with Crippen molar-refractivity contribution in [2.75, 3.05) is 0 Å². The Balaban J connectivity index is 2.13. The number of hydrazone groups is 1. The van der Waals surface area contributed by atoms with Crippen LogP contribution in [0, 0.1) is 17.5 Å². The van der Waals surface area contributed by atoms with E-state index in [0.717, 1.165) is 18.2 Å². The number of hydrogen-bond donors (Lipinski definition) is 1. The standard InChI is InChI=1S/C14H11F3N2O/c15-11-2-3-12(16)10(6-11)8-20-14-4-1-9(7-19-18)5-13(14)17/h1-7H,8,18H2. The minimum Gasteiger partial charge on any atom is -0.486 e. The second-order valence-corrected chi connectivity index (χ2v) is 3.99. The average molecular weight is 280 g/mol. The van der Waals surface area contributed by atoms with E-state index in [0.29, 0.717) is 5.56 Å². The predicted molar refractivity (Wildman–Crippen MR) is 68.9 cm³/mol. The van der Waals surface area contributed by atoms with Gasteiger partial charge in [-0.05, 0) is 42.0 Å². The van der Waals surface area contributed by atoms with E-state index in [1.807, 2.05) is 0 Å². The Morgan fingerprint density at radius 1 is 1.05 bits per heavy atom. The topological polar surface area (TPSA) is 47.6 Å². The normalized spacial score (nSPS) is 10.9. The highest BCUT2D eigenvalue weighted by Crippen LogP contribution is 2.20. The van der Waals surface area contributed by atoms with Crippen molar-refractivity contribution in [3.63, 3.8) is 0 Å². The summed E-state index contributed by atoms with van der Waals surface area (Å²) in [7, 11) is 0. The summed E-state index contributed by atoms with van der Waals surface area (Å²) in [5.74, 6) is 3.05. The van der Waals surface area contributed by atoms with Gasteiger partial charge in [0.2, 0.25) is 0 Å². The highest BCUT2D eigenvalue weighted by molar-refractivity contribution is 5.79. The third-order valence-electron chi connectivity index (χ3n) is 2.57. The summed E-state index contributed by atoms with van der Waals surface area (Å²) in [6.45, 7) is -0.273. The fraction of sp³-hybridized carbons (Fsp3) is 0.0714. The van der Waals surface area contributed by atoms with E-state index >= 15 is 0 Å². The molecule has 2 rings (SSSR count). The van der Waals surface area contributed by atoms with Gasteiger partial charge in [0.05, 0.1) is 6.21 Å². The molecule has 0 saturated heterocycles. The summed E-state index contributed by atoms with van der Waals surface area (Å²) >= 11 is 0. The maximum Gasteiger partial charge on any atom is 0.165 e. The molecular weight excluding hydrogens is 269 g/mol. The second-order valence-electron chi connectivity index (χ2n) is 3.99.